The Kier molecular flexibility index (Phi) is 11.0. The zero-order valence-electron chi connectivity index (χ0n) is 24.4. The molecule has 42 heavy (non-hydrogen) atoms. The van der Waals surface area contributed by atoms with Gasteiger partial charge in [0.2, 0.25) is 0 Å². The van der Waals surface area contributed by atoms with Crippen LogP contribution in [0.1, 0.15) is 94.2 Å². The molecule has 0 spiro atoms. The van der Waals surface area contributed by atoms with Gasteiger partial charge < -0.3 is 4.74 Å². The predicted molar refractivity (Wildman–Crippen MR) is 155 cm³/mol. The van der Waals surface area contributed by atoms with Gasteiger partial charge in [-0.1, -0.05) is 63.4 Å². The molecular formula is C35H40F6O. The number of hydrogen-bond donors (Lipinski definition) is 0. The van der Waals surface area contributed by atoms with E-state index < -0.39 is 35.7 Å². The Morgan fingerprint density at radius 1 is 0.714 bits per heavy atom. The standard InChI is InChI=1S/C35H40F6O/c1-3-5-6-8-24-11-16-28(22-31(24)36)42-20-19-35(40,41)27-14-9-23(10-15-27)26-13-17-29(32(37)21-26)30-18-12-25(7-4-2)33(38)34(30)39/h11-13,16-18,21-23,27H,3-10,14-15,19-20H2,1-2H3. The molecule has 0 aliphatic heterocycles. The molecule has 1 aliphatic rings. The summed E-state index contributed by atoms with van der Waals surface area (Å²) < 4.78 is 94.0. The van der Waals surface area contributed by atoms with Crippen molar-refractivity contribution in [2.75, 3.05) is 6.61 Å². The molecule has 0 aromatic heterocycles. The Balaban J connectivity index is 1.30. The van der Waals surface area contributed by atoms with Crippen LogP contribution in [-0.4, -0.2) is 12.5 Å². The van der Waals surface area contributed by atoms with Gasteiger partial charge in [-0.25, -0.2) is 26.3 Å². The monoisotopic (exact) mass is 590 g/mol. The maximum Gasteiger partial charge on any atom is 0.254 e. The molecule has 1 aliphatic carbocycles. The number of halogens is 6. The molecule has 228 valence electrons. The molecule has 0 bridgehead atoms. The van der Waals surface area contributed by atoms with Gasteiger partial charge in [-0.15, -0.1) is 0 Å². The normalized spacial score (nSPS) is 17.4. The molecule has 0 heterocycles. The van der Waals surface area contributed by atoms with E-state index in [4.69, 9.17) is 4.74 Å². The van der Waals surface area contributed by atoms with Crippen molar-refractivity contribution in [2.45, 2.75) is 96.3 Å². The lowest BCUT2D eigenvalue weighted by atomic mass is 9.75. The smallest absolute Gasteiger partial charge is 0.254 e. The molecule has 0 radical (unpaired) electrons. The Labute approximate surface area is 245 Å². The van der Waals surface area contributed by atoms with E-state index in [-0.39, 0.29) is 53.6 Å². The Morgan fingerprint density at radius 2 is 1.43 bits per heavy atom. The second-order valence-corrected chi connectivity index (χ2v) is 11.5. The van der Waals surface area contributed by atoms with Crippen LogP contribution in [0.2, 0.25) is 0 Å². The van der Waals surface area contributed by atoms with Crippen LogP contribution in [0.15, 0.2) is 48.5 Å². The van der Waals surface area contributed by atoms with Crippen LogP contribution in [0.4, 0.5) is 26.3 Å². The Bertz CT molecular complexity index is 1330. The third-order valence-corrected chi connectivity index (χ3v) is 8.54. The highest BCUT2D eigenvalue weighted by Crippen LogP contribution is 2.44. The molecule has 3 aromatic carbocycles. The first-order chi connectivity index (χ1) is 20.1. The number of unbranched alkanes of at least 4 members (excludes halogenated alkanes) is 2. The van der Waals surface area contributed by atoms with Crippen LogP contribution in [0.5, 0.6) is 5.75 Å². The fraction of sp³-hybridized carbons (Fsp3) is 0.486. The van der Waals surface area contributed by atoms with E-state index in [0.29, 0.717) is 43.2 Å². The summed E-state index contributed by atoms with van der Waals surface area (Å²) in [4.78, 5) is 0. The summed E-state index contributed by atoms with van der Waals surface area (Å²) in [5, 5.41) is 0. The number of benzene rings is 3. The minimum absolute atomic E-state index is 0.0237. The highest BCUT2D eigenvalue weighted by Gasteiger charge is 2.41. The van der Waals surface area contributed by atoms with Crippen molar-refractivity contribution in [3.63, 3.8) is 0 Å². The maximum absolute atomic E-state index is 15.1. The van der Waals surface area contributed by atoms with E-state index in [2.05, 4.69) is 6.92 Å². The minimum Gasteiger partial charge on any atom is -0.493 e. The molecule has 0 saturated heterocycles. The number of ether oxygens (including phenoxy) is 1. The van der Waals surface area contributed by atoms with Crippen molar-refractivity contribution in [3.8, 4) is 16.9 Å². The molecular weight excluding hydrogens is 550 g/mol. The van der Waals surface area contributed by atoms with Gasteiger partial charge in [0.05, 0.1) is 6.61 Å². The summed E-state index contributed by atoms with van der Waals surface area (Å²) in [6, 6.07) is 11.9. The van der Waals surface area contributed by atoms with Gasteiger partial charge in [0.25, 0.3) is 5.92 Å². The Hall–Kier alpha value is -2.96. The van der Waals surface area contributed by atoms with Gasteiger partial charge in [-0.3, -0.25) is 0 Å². The number of hydrogen-bond acceptors (Lipinski definition) is 1. The number of rotatable bonds is 13. The molecule has 0 unspecified atom stereocenters. The van der Waals surface area contributed by atoms with Crippen LogP contribution in [0.3, 0.4) is 0 Å². The van der Waals surface area contributed by atoms with Gasteiger partial charge in [0.1, 0.15) is 17.4 Å². The second-order valence-electron chi connectivity index (χ2n) is 11.5. The highest BCUT2D eigenvalue weighted by molar-refractivity contribution is 5.66. The number of aryl methyl sites for hydroxylation is 2. The molecule has 3 aromatic rings. The topological polar surface area (TPSA) is 9.23 Å². The van der Waals surface area contributed by atoms with E-state index in [9.17, 15) is 13.2 Å². The lowest BCUT2D eigenvalue weighted by Gasteiger charge is -2.34. The van der Waals surface area contributed by atoms with E-state index in [1.54, 1.807) is 18.2 Å². The summed E-state index contributed by atoms with van der Waals surface area (Å²) in [6.45, 7) is 3.73. The highest BCUT2D eigenvalue weighted by atomic mass is 19.3. The lowest BCUT2D eigenvalue weighted by molar-refractivity contribution is -0.0854. The summed E-state index contributed by atoms with van der Waals surface area (Å²) in [5.41, 5.74) is 1.38. The second kappa shape index (κ2) is 14.5. The van der Waals surface area contributed by atoms with Crippen molar-refractivity contribution in [1.29, 1.82) is 0 Å². The molecule has 7 heteroatoms. The Morgan fingerprint density at radius 3 is 2.10 bits per heavy atom. The molecule has 0 amide bonds. The molecule has 0 atom stereocenters. The van der Waals surface area contributed by atoms with Crippen molar-refractivity contribution in [3.05, 3.63) is 88.5 Å². The van der Waals surface area contributed by atoms with Crippen LogP contribution in [0.25, 0.3) is 11.1 Å². The lowest BCUT2D eigenvalue weighted by Crippen LogP contribution is -2.33. The van der Waals surface area contributed by atoms with E-state index in [0.717, 1.165) is 19.3 Å². The fourth-order valence-corrected chi connectivity index (χ4v) is 6.01. The molecule has 1 nitrogen and oxygen atoms in total. The van der Waals surface area contributed by atoms with Crippen molar-refractivity contribution < 1.29 is 31.1 Å². The first kappa shape index (κ1) is 32.0. The van der Waals surface area contributed by atoms with E-state index in [1.807, 2.05) is 6.92 Å². The van der Waals surface area contributed by atoms with Crippen LogP contribution in [0, 0.1) is 29.2 Å². The number of alkyl halides is 2. The van der Waals surface area contributed by atoms with Crippen LogP contribution >= 0.6 is 0 Å². The largest absolute Gasteiger partial charge is 0.493 e. The summed E-state index contributed by atoms with van der Waals surface area (Å²) in [7, 11) is 0. The van der Waals surface area contributed by atoms with Gasteiger partial charge in [0.15, 0.2) is 11.6 Å². The first-order valence-electron chi connectivity index (χ1n) is 15.2. The maximum atomic E-state index is 15.1. The van der Waals surface area contributed by atoms with Crippen molar-refractivity contribution in [2.24, 2.45) is 5.92 Å². The minimum atomic E-state index is -2.94. The van der Waals surface area contributed by atoms with Crippen molar-refractivity contribution in [1.82, 2.24) is 0 Å². The average Bonchev–Trinajstić information content (AvgIpc) is 2.97. The molecule has 4 rings (SSSR count). The van der Waals surface area contributed by atoms with Crippen LogP contribution in [-0.2, 0) is 12.8 Å². The molecule has 1 fully saturated rings. The fourth-order valence-electron chi connectivity index (χ4n) is 6.01. The third kappa shape index (κ3) is 7.70. The summed E-state index contributed by atoms with van der Waals surface area (Å²) in [5.74, 6) is -6.67. The summed E-state index contributed by atoms with van der Waals surface area (Å²) >= 11 is 0. The van der Waals surface area contributed by atoms with Gasteiger partial charge >= 0.3 is 0 Å². The van der Waals surface area contributed by atoms with E-state index >= 15 is 13.2 Å². The predicted octanol–water partition coefficient (Wildman–Crippen LogP) is 11.0. The molecule has 1 saturated carbocycles. The summed E-state index contributed by atoms with van der Waals surface area (Å²) in [6.07, 6.45) is 5.70. The quantitative estimate of drug-likeness (QED) is 0.142. The third-order valence-electron chi connectivity index (χ3n) is 8.54. The van der Waals surface area contributed by atoms with Gasteiger partial charge in [0, 0.05) is 29.5 Å². The SMILES string of the molecule is CCCCCc1ccc(OCCC(F)(F)C2CCC(c3ccc(-c4ccc(CCC)c(F)c4F)c(F)c3)CC2)cc1F. The van der Waals surface area contributed by atoms with Gasteiger partial charge in [-0.05, 0) is 79.7 Å². The van der Waals surface area contributed by atoms with E-state index in [1.165, 1.54) is 30.3 Å². The molecule has 0 N–H and O–H groups in total. The van der Waals surface area contributed by atoms with Crippen molar-refractivity contribution >= 4 is 0 Å². The first-order valence-corrected chi connectivity index (χ1v) is 15.2. The average molecular weight is 591 g/mol. The van der Waals surface area contributed by atoms with Crippen LogP contribution < -0.4 is 4.74 Å². The zero-order chi connectivity index (χ0) is 30.3. The zero-order valence-corrected chi connectivity index (χ0v) is 24.4. The van der Waals surface area contributed by atoms with Gasteiger partial charge in [-0.2, -0.15) is 0 Å².